The van der Waals surface area contributed by atoms with Gasteiger partial charge >= 0.3 is 0 Å². The Morgan fingerprint density at radius 1 is 1.47 bits per heavy atom. The minimum atomic E-state index is -0.533. The molecule has 2 rings (SSSR count). The van der Waals surface area contributed by atoms with Gasteiger partial charge in [-0.05, 0) is 13.8 Å². The molecule has 0 aliphatic rings. The van der Waals surface area contributed by atoms with Crippen molar-refractivity contribution in [1.29, 1.82) is 0 Å². The molecule has 0 aliphatic heterocycles. The van der Waals surface area contributed by atoms with Gasteiger partial charge < -0.3 is 5.32 Å². The van der Waals surface area contributed by atoms with Crippen LogP contribution < -0.4 is 5.32 Å². The van der Waals surface area contributed by atoms with Crippen LogP contribution in [0.3, 0.4) is 0 Å². The molecule has 0 bridgehead atoms. The Kier molecular flexibility index (Phi) is 3.68. The van der Waals surface area contributed by atoms with E-state index in [2.05, 4.69) is 15.3 Å². The van der Waals surface area contributed by atoms with Crippen LogP contribution in [-0.4, -0.2) is 14.9 Å². The number of nitrogens with zero attached hydrogens (tertiary/aromatic N) is 3. The standard InChI is InChI=1S/C11H11ClN4O2S/c1-11(2,10-13-3-4-19-10)15-9-8(12)5-7(6-14-9)16(17)18/h3-6H,1-2H3,(H,14,15). The zero-order valence-corrected chi connectivity index (χ0v) is 11.8. The zero-order chi connectivity index (χ0) is 14.0. The topological polar surface area (TPSA) is 81.0 Å². The van der Waals surface area contributed by atoms with E-state index < -0.39 is 10.5 Å². The Morgan fingerprint density at radius 2 is 2.21 bits per heavy atom. The minimum absolute atomic E-state index is 0.136. The Morgan fingerprint density at radius 3 is 2.74 bits per heavy atom. The number of nitro groups is 1. The van der Waals surface area contributed by atoms with E-state index in [1.807, 2.05) is 19.2 Å². The second-order valence-electron chi connectivity index (χ2n) is 4.37. The first-order valence-corrected chi connectivity index (χ1v) is 6.64. The van der Waals surface area contributed by atoms with Crippen LogP contribution in [0.2, 0.25) is 5.02 Å². The number of rotatable bonds is 4. The minimum Gasteiger partial charge on any atom is -0.357 e. The first-order chi connectivity index (χ1) is 8.90. The number of anilines is 1. The summed E-state index contributed by atoms with van der Waals surface area (Å²) in [6.45, 7) is 3.87. The molecule has 0 saturated heterocycles. The third-order valence-corrected chi connectivity index (χ3v) is 3.82. The highest BCUT2D eigenvalue weighted by Gasteiger charge is 2.25. The Bertz CT molecular complexity index is 601. The fraction of sp³-hybridized carbons (Fsp3) is 0.273. The lowest BCUT2D eigenvalue weighted by atomic mass is 10.1. The molecule has 100 valence electrons. The molecule has 2 aromatic heterocycles. The Labute approximate surface area is 118 Å². The van der Waals surface area contributed by atoms with Crippen molar-refractivity contribution < 1.29 is 4.92 Å². The van der Waals surface area contributed by atoms with Crippen molar-refractivity contribution in [2.75, 3.05) is 5.32 Å². The summed E-state index contributed by atoms with van der Waals surface area (Å²) in [4.78, 5) is 18.3. The number of hydrogen-bond acceptors (Lipinski definition) is 6. The summed E-state index contributed by atoms with van der Waals surface area (Å²) in [6, 6.07) is 1.27. The highest BCUT2D eigenvalue weighted by atomic mass is 35.5. The number of hydrogen-bond donors (Lipinski definition) is 1. The molecule has 1 N–H and O–H groups in total. The van der Waals surface area contributed by atoms with E-state index in [1.165, 1.54) is 23.6 Å². The summed E-state index contributed by atoms with van der Waals surface area (Å²) in [5.41, 5.74) is -0.594. The lowest BCUT2D eigenvalue weighted by Gasteiger charge is -2.24. The van der Waals surface area contributed by atoms with E-state index in [4.69, 9.17) is 11.6 Å². The summed E-state index contributed by atoms with van der Waals surface area (Å²) in [7, 11) is 0. The highest BCUT2D eigenvalue weighted by molar-refractivity contribution is 7.09. The van der Waals surface area contributed by atoms with Gasteiger partial charge in [-0.1, -0.05) is 11.6 Å². The smallest absolute Gasteiger partial charge is 0.289 e. The van der Waals surface area contributed by atoms with Crippen LogP contribution in [0.25, 0.3) is 0 Å². The van der Waals surface area contributed by atoms with E-state index in [9.17, 15) is 10.1 Å². The van der Waals surface area contributed by atoms with Crippen molar-refractivity contribution in [1.82, 2.24) is 9.97 Å². The maximum absolute atomic E-state index is 10.6. The number of thiazole rings is 1. The van der Waals surface area contributed by atoms with Gasteiger partial charge in [0.2, 0.25) is 0 Å². The van der Waals surface area contributed by atoms with Gasteiger partial charge in [0.1, 0.15) is 17.0 Å². The fourth-order valence-corrected chi connectivity index (χ4v) is 2.43. The van der Waals surface area contributed by atoms with Crippen LogP contribution in [0.4, 0.5) is 11.5 Å². The fourth-order valence-electron chi connectivity index (χ4n) is 1.50. The molecule has 0 radical (unpaired) electrons. The summed E-state index contributed by atoms with van der Waals surface area (Å²) in [5.74, 6) is 0.396. The normalized spacial score (nSPS) is 11.3. The first-order valence-electron chi connectivity index (χ1n) is 5.38. The maximum Gasteiger partial charge on any atom is 0.289 e. The zero-order valence-electron chi connectivity index (χ0n) is 10.3. The summed E-state index contributed by atoms with van der Waals surface area (Å²) >= 11 is 7.50. The molecule has 0 spiro atoms. The van der Waals surface area contributed by atoms with Crippen molar-refractivity contribution >= 4 is 34.4 Å². The Balaban J connectivity index is 2.27. The van der Waals surface area contributed by atoms with E-state index in [1.54, 1.807) is 6.20 Å². The molecule has 0 atom stereocenters. The van der Waals surface area contributed by atoms with Crippen LogP contribution in [0.15, 0.2) is 23.8 Å². The molecule has 2 aromatic rings. The summed E-state index contributed by atoms with van der Waals surface area (Å²) in [5, 5.41) is 16.7. The van der Waals surface area contributed by atoms with Crippen molar-refractivity contribution in [3.05, 3.63) is 44.0 Å². The van der Waals surface area contributed by atoms with Crippen molar-refractivity contribution in [3.8, 4) is 0 Å². The predicted molar refractivity (Wildman–Crippen MR) is 74.7 cm³/mol. The van der Waals surface area contributed by atoms with E-state index in [-0.39, 0.29) is 10.7 Å². The van der Waals surface area contributed by atoms with E-state index >= 15 is 0 Å². The third kappa shape index (κ3) is 2.99. The summed E-state index contributed by atoms with van der Waals surface area (Å²) in [6.07, 6.45) is 2.89. The molecule has 0 unspecified atom stereocenters. The summed E-state index contributed by atoms with van der Waals surface area (Å²) < 4.78 is 0. The SMILES string of the molecule is CC(C)(Nc1ncc([N+](=O)[O-])cc1Cl)c1nccs1. The number of nitrogens with one attached hydrogen (secondary N) is 1. The van der Waals surface area contributed by atoms with Crippen molar-refractivity contribution in [3.63, 3.8) is 0 Å². The third-order valence-electron chi connectivity index (χ3n) is 2.44. The van der Waals surface area contributed by atoms with Crippen LogP contribution >= 0.6 is 22.9 Å². The molecule has 19 heavy (non-hydrogen) atoms. The average Bonchev–Trinajstić information content (AvgIpc) is 2.85. The van der Waals surface area contributed by atoms with Gasteiger partial charge in [0.15, 0.2) is 0 Å². The van der Waals surface area contributed by atoms with Crippen LogP contribution in [0.5, 0.6) is 0 Å². The molecule has 8 heteroatoms. The quantitative estimate of drug-likeness (QED) is 0.690. The monoisotopic (exact) mass is 298 g/mol. The van der Waals surface area contributed by atoms with Gasteiger partial charge in [0.25, 0.3) is 5.69 Å². The lowest BCUT2D eigenvalue weighted by Crippen LogP contribution is -2.28. The largest absolute Gasteiger partial charge is 0.357 e. The van der Waals surface area contributed by atoms with E-state index in [0.717, 1.165) is 5.01 Å². The molecule has 0 fully saturated rings. The van der Waals surface area contributed by atoms with Crippen LogP contribution in [-0.2, 0) is 5.54 Å². The molecule has 2 heterocycles. The van der Waals surface area contributed by atoms with Crippen LogP contribution in [0, 0.1) is 10.1 Å². The van der Waals surface area contributed by atoms with Crippen molar-refractivity contribution in [2.45, 2.75) is 19.4 Å². The second-order valence-corrected chi connectivity index (χ2v) is 5.67. The number of halogens is 1. The maximum atomic E-state index is 10.6. The van der Waals surface area contributed by atoms with Gasteiger partial charge in [0, 0.05) is 17.6 Å². The number of aromatic nitrogens is 2. The molecular weight excluding hydrogens is 288 g/mol. The highest BCUT2D eigenvalue weighted by Crippen LogP contribution is 2.31. The first kappa shape index (κ1) is 13.7. The Hall–Kier alpha value is -1.73. The van der Waals surface area contributed by atoms with Crippen molar-refractivity contribution in [2.24, 2.45) is 0 Å². The molecule has 6 nitrogen and oxygen atoms in total. The van der Waals surface area contributed by atoms with Gasteiger partial charge in [-0.3, -0.25) is 10.1 Å². The van der Waals surface area contributed by atoms with Gasteiger partial charge in [-0.15, -0.1) is 11.3 Å². The molecule has 0 amide bonds. The molecule has 0 saturated carbocycles. The van der Waals surface area contributed by atoms with E-state index in [0.29, 0.717) is 5.82 Å². The lowest BCUT2D eigenvalue weighted by molar-refractivity contribution is -0.385. The molecular formula is C11H11ClN4O2S. The predicted octanol–water partition coefficient (Wildman–Crippen LogP) is 3.45. The second kappa shape index (κ2) is 5.10. The van der Waals surface area contributed by atoms with Gasteiger partial charge in [0.05, 0.1) is 15.5 Å². The average molecular weight is 299 g/mol. The van der Waals surface area contributed by atoms with Gasteiger partial charge in [-0.2, -0.15) is 0 Å². The van der Waals surface area contributed by atoms with Crippen LogP contribution in [0.1, 0.15) is 18.9 Å². The number of pyridine rings is 1. The van der Waals surface area contributed by atoms with Gasteiger partial charge in [-0.25, -0.2) is 9.97 Å². The molecule has 0 aromatic carbocycles. The molecule has 0 aliphatic carbocycles.